The maximum Gasteiger partial charge on any atom is 0.294 e. The van der Waals surface area contributed by atoms with Crippen LogP contribution >= 0.6 is 39.1 Å². The summed E-state index contributed by atoms with van der Waals surface area (Å²) in [6.07, 6.45) is 3.08. The molecular weight excluding hydrogens is 637 g/mol. The van der Waals surface area contributed by atoms with Crippen LogP contribution < -0.4 is 15.7 Å². The summed E-state index contributed by atoms with van der Waals surface area (Å²) in [5.41, 5.74) is 1.20. The summed E-state index contributed by atoms with van der Waals surface area (Å²) in [6.45, 7) is 1.76. The van der Waals surface area contributed by atoms with Crippen LogP contribution in [-0.4, -0.2) is 14.1 Å². The van der Waals surface area contributed by atoms with Gasteiger partial charge in [-0.15, -0.1) is 4.57 Å². The van der Waals surface area contributed by atoms with Gasteiger partial charge in [-0.2, -0.15) is 4.39 Å². The van der Waals surface area contributed by atoms with Gasteiger partial charge in [-0.3, -0.25) is 18.7 Å². The van der Waals surface area contributed by atoms with E-state index in [0.717, 1.165) is 0 Å². The number of pyridine rings is 4. The maximum absolute atomic E-state index is 15.3. The van der Waals surface area contributed by atoms with Crippen molar-refractivity contribution in [2.75, 3.05) is 0 Å². The summed E-state index contributed by atoms with van der Waals surface area (Å²) in [4.78, 5) is 31.3. The van der Waals surface area contributed by atoms with Crippen LogP contribution in [0.4, 0.5) is 8.78 Å². The SMILES string of the molecule is Cc1cc2ccnc(Cl)c2c(=O)n1-c1ccc(F)c(-[n+]2ccc3cc(CBr)n(-c4ccc(F)cc4)c(=O)c3c2Cl)c1. The van der Waals surface area contributed by atoms with Gasteiger partial charge in [-0.1, -0.05) is 27.5 Å². The third kappa shape index (κ3) is 4.54. The van der Waals surface area contributed by atoms with Crippen molar-refractivity contribution in [1.29, 1.82) is 0 Å². The number of alkyl halides is 1. The molecule has 0 spiro atoms. The van der Waals surface area contributed by atoms with Crippen molar-refractivity contribution in [2.24, 2.45) is 0 Å². The minimum absolute atomic E-state index is 0.0235. The van der Waals surface area contributed by atoms with E-state index in [1.165, 1.54) is 62.4 Å². The Morgan fingerprint density at radius 1 is 0.854 bits per heavy atom. The lowest BCUT2D eigenvalue weighted by molar-refractivity contribution is -0.593. The van der Waals surface area contributed by atoms with E-state index < -0.39 is 22.8 Å². The molecule has 11 heteroatoms. The molecule has 4 heterocycles. The summed E-state index contributed by atoms with van der Waals surface area (Å²) in [6, 6.07) is 16.6. The first kappa shape index (κ1) is 27.3. The number of fused-ring (bicyclic) bond motifs is 2. The number of benzene rings is 2. The lowest BCUT2D eigenvalue weighted by Gasteiger charge is -2.14. The zero-order valence-corrected chi connectivity index (χ0v) is 24.3. The van der Waals surface area contributed by atoms with Gasteiger partial charge in [0.2, 0.25) is 5.69 Å². The molecule has 0 saturated heterocycles. The summed E-state index contributed by atoms with van der Waals surface area (Å²) < 4.78 is 33.1. The molecule has 0 bridgehead atoms. The number of hydrogen-bond acceptors (Lipinski definition) is 3. The van der Waals surface area contributed by atoms with Crippen LogP contribution in [0.25, 0.3) is 38.6 Å². The first-order valence-corrected chi connectivity index (χ1v) is 14.1. The Kier molecular flexibility index (Phi) is 6.97. The third-order valence-corrected chi connectivity index (χ3v) is 8.11. The van der Waals surface area contributed by atoms with Crippen LogP contribution in [0, 0.1) is 18.6 Å². The highest BCUT2D eigenvalue weighted by atomic mass is 79.9. The minimum Gasteiger partial charge on any atom is -0.281 e. The van der Waals surface area contributed by atoms with Gasteiger partial charge in [-0.05, 0) is 78.5 Å². The van der Waals surface area contributed by atoms with Gasteiger partial charge in [0, 0.05) is 46.1 Å². The first-order chi connectivity index (χ1) is 19.7. The standard InChI is InChI=1S/C30H18BrCl2F2N4O2/c1-16-12-17-8-10-36-27(32)25(17)29(40)38(16)21-6-7-23(35)24(14-21)37-11-9-18-13-22(15-31)39(30(41)26(18)28(37)33)20-4-2-19(34)3-5-20/h2-14H,15H2,1H3/q+1. The highest BCUT2D eigenvalue weighted by Gasteiger charge is 2.25. The molecule has 41 heavy (non-hydrogen) atoms. The van der Waals surface area contributed by atoms with E-state index in [4.69, 9.17) is 23.2 Å². The molecule has 0 unspecified atom stereocenters. The lowest BCUT2D eigenvalue weighted by Crippen LogP contribution is -2.35. The predicted molar refractivity (Wildman–Crippen MR) is 159 cm³/mol. The largest absolute Gasteiger partial charge is 0.294 e. The van der Waals surface area contributed by atoms with Crippen molar-refractivity contribution in [3.63, 3.8) is 0 Å². The number of aromatic nitrogens is 4. The van der Waals surface area contributed by atoms with Gasteiger partial charge in [0.25, 0.3) is 16.3 Å². The Hall–Kier alpha value is -3.92. The zero-order chi connectivity index (χ0) is 29.0. The fourth-order valence-corrected chi connectivity index (χ4v) is 6.00. The molecule has 0 aliphatic carbocycles. The molecule has 6 rings (SSSR count). The Balaban J connectivity index is 1.59. The predicted octanol–water partition coefficient (Wildman–Crippen LogP) is 6.75. The third-order valence-electron chi connectivity index (χ3n) is 6.88. The highest BCUT2D eigenvalue weighted by Crippen LogP contribution is 2.25. The van der Waals surface area contributed by atoms with E-state index in [0.29, 0.717) is 38.9 Å². The molecule has 2 aromatic carbocycles. The first-order valence-electron chi connectivity index (χ1n) is 12.3. The van der Waals surface area contributed by atoms with Crippen LogP contribution in [0.15, 0.2) is 88.7 Å². The van der Waals surface area contributed by atoms with Crippen molar-refractivity contribution < 1.29 is 13.3 Å². The molecule has 0 radical (unpaired) electrons. The van der Waals surface area contributed by atoms with Gasteiger partial charge in [0.15, 0.2) is 12.0 Å². The van der Waals surface area contributed by atoms with Crippen LogP contribution in [0.1, 0.15) is 11.4 Å². The van der Waals surface area contributed by atoms with Crippen molar-refractivity contribution >= 4 is 60.7 Å². The van der Waals surface area contributed by atoms with E-state index in [1.54, 1.807) is 37.4 Å². The number of aryl methyl sites for hydroxylation is 1. The van der Waals surface area contributed by atoms with Gasteiger partial charge in [0.05, 0.1) is 11.1 Å². The molecule has 0 aliphatic heterocycles. The fourth-order valence-electron chi connectivity index (χ4n) is 5.01. The van der Waals surface area contributed by atoms with Gasteiger partial charge in [0.1, 0.15) is 16.4 Å². The van der Waals surface area contributed by atoms with Crippen molar-refractivity contribution in [2.45, 2.75) is 12.3 Å². The van der Waals surface area contributed by atoms with Gasteiger partial charge < -0.3 is 0 Å². The van der Waals surface area contributed by atoms with E-state index in [-0.39, 0.29) is 26.8 Å². The number of hydrogen-bond donors (Lipinski definition) is 0. The Morgan fingerprint density at radius 2 is 1.54 bits per heavy atom. The molecular formula is C30H18BrCl2F2N4O2+. The average molecular weight is 655 g/mol. The Labute approximate surface area is 249 Å². The molecule has 0 atom stereocenters. The molecule has 0 saturated carbocycles. The van der Waals surface area contributed by atoms with Crippen molar-refractivity contribution in [3.8, 4) is 17.1 Å². The van der Waals surface area contributed by atoms with Crippen molar-refractivity contribution in [3.05, 3.63) is 133 Å². The topological polar surface area (TPSA) is 60.8 Å². The van der Waals surface area contributed by atoms with E-state index in [9.17, 15) is 14.0 Å². The van der Waals surface area contributed by atoms with E-state index >= 15 is 4.39 Å². The molecule has 0 fully saturated rings. The summed E-state index contributed by atoms with van der Waals surface area (Å²) in [5.74, 6) is -1.06. The van der Waals surface area contributed by atoms with Crippen molar-refractivity contribution in [1.82, 2.24) is 14.1 Å². The fraction of sp³-hybridized carbons (Fsp3) is 0.0667. The van der Waals surface area contributed by atoms with Crippen LogP contribution in [-0.2, 0) is 5.33 Å². The molecule has 0 amide bonds. The Morgan fingerprint density at radius 3 is 2.27 bits per heavy atom. The Bertz CT molecular complexity index is 2150. The minimum atomic E-state index is -0.623. The monoisotopic (exact) mass is 653 g/mol. The van der Waals surface area contributed by atoms with Gasteiger partial charge in [-0.25, -0.2) is 9.37 Å². The molecule has 204 valence electrons. The number of halogens is 5. The second-order valence-corrected chi connectivity index (χ2v) is 10.6. The smallest absolute Gasteiger partial charge is 0.281 e. The quantitative estimate of drug-likeness (QED) is 0.120. The van der Waals surface area contributed by atoms with Crippen LogP contribution in [0.5, 0.6) is 0 Å². The average Bonchev–Trinajstić information content (AvgIpc) is 2.94. The molecule has 6 aromatic rings. The van der Waals surface area contributed by atoms with E-state index in [2.05, 4.69) is 20.9 Å². The lowest BCUT2D eigenvalue weighted by atomic mass is 10.1. The van der Waals surface area contributed by atoms with E-state index in [1.807, 2.05) is 0 Å². The summed E-state index contributed by atoms with van der Waals surface area (Å²) in [7, 11) is 0. The number of nitrogens with zero attached hydrogens (tertiary/aromatic N) is 4. The zero-order valence-electron chi connectivity index (χ0n) is 21.2. The summed E-state index contributed by atoms with van der Waals surface area (Å²) >= 11 is 16.5. The second-order valence-electron chi connectivity index (χ2n) is 9.32. The summed E-state index contributed by atoms with van der Waals surface area (Å²) in [5, 5.41) is 1.95. The van der Waals surface area contributed by atoms with Gasteiger partial charge >= 0.3 is 0 Å². The maximum atomic E-state index is 15.3. The number of rotatable bonds is 4. The molecule has 6 nitrogen and oxygen atoms in total. The van der Waals surface area contributed by atoms with Crippen LogP contribution in [0.2, 0.25) is 10.3 Å². The second kappa shape index (κ2) is 10.5. The molecule has 0 aliphatic rings. The highest BCUT2D eigenvalue weighted by molar-refractivity contribution is 9.08. The molecule has 4 aromatic heterocycles. The molecule has 0 N–H and O–H groups in total. The van der Waals surface area contributed by atoms with Crippen LogP contribution in [0.3, 0.4) is 0 Å². The normalized spacial score (nSPS) is 11.5.